The summed E-state index contributed by atoms with van der Waals surface area (Å²) in [6.07, 6.45) is 1.90. The van der Waals surface area contributed by atoms with E-state index in [2.05, 4.69) is 0 Å². The van der Waals surface area contributed by atoms with E-state index < -0.39 is 10.8 Å². The van der Waals surface area contributed by atoms with Gasteiger partial charge in [-0.15, -0.1) is 11.3 Å². The van der Waals surface area contributed by atoms with Crippen molar-refractivity contribution in [2.75, 3.05) is 5.75 Å². The molecule has 0 saturated carbocycles. The summed E-state index contributed by atoms with van der Waals surface area (Å²) in [5, 5.41) is 1.96. The lowest BCUT2D eigenvalue weighted by molar-refractivity contribution is 0.644. The van der Waals surface area contributed by atoms with Crippen molar-refractivity contribution in [2.24, 2.45) is 5.73 Å². The molecule has 2 nitrogen and oxygen atoms in total. The maximum atomic E-state index is 11.6. The molecule has 0 fully saturated rings. The Bertz CT molecular complexity index is 257. The van der Waals surface area contributed by atoms with E-state index in [4.69, 9.17) is 5.73 Å². The predicted octanol–water partition coefficient (Wildman–Crippen LogP) is 1.98. The fourth-order valence-electron chi connectivity index (χ4n) is 1.03. The molecule has 2 unspecified atom stereocenters. The van der Waals surface area contributed by atoms with Gasteiger partial charge in [0.1, 0.15) is 0 Å². The van der Waals surface area contributed by atoms with Crippen molar-refractivity contribution in [3.05, 3.63) is 17.5 Å². The van der Waals surface area contributed by atoms with Gasteiger partial charge in [0.15, 0.2) is 0 Å². The van der Waals surface area contributed by atoms with Crippen LogP contribution >= 0.6 is 11.3 Å². The van der Waals surface area contributed by atoms with Crippen LogP contribution in [0.15, 0.2) is 21.7 Å². The highest BCUT2D eigenvalue weighted by molar-refractivity contribution is 7.87. The van der Waals surface area contributed by atoms with Gasteiger partial charge in [-0.25, -0.2) is 0 Å². The Morgan fingerprint density at radius 1 is 1.69 bits per heavy atom. The first kappa shape index (κ1) is 10.9. The van der Waals surface area contributed by atoms with Crippen molar-refractivity contribution in [3.63, 3.8) is 0 Å². The summed E-state index contributed by atoms with van der Waals surface area (Å²) in [6, 6.07) is 4.08. The van der Waals surface area contributed by atoms with Crippen molar-refractivity contribution in [1.29, 1.82) is 0 Å². The normalized spacial score (nSPS) is 15.5. The molecule has 0 aromatic carbocycles. The molecule has 1 aromatic rings. The summed E-state index contributed by atoms with van der Waals surface area (Å²) >= 11 is 1.56. The van der Waals surface area contributed by atoms with E-state index in [1.54, 1.807) is 11.3 Å². The Kier molecular flexibility index (Phi) is 4.62. The third-order valence-corrected chi connectivity index (χ3v) is 4.46. The van der Waals surface area contributed by atoms with Crippen LogP contribution in [0.1, 0.15) is 19.8 Å². The molecule has 1 aromatic heterocycles. The van der Waals surface area contributed by atoms with Gasteiger partial charge in [-0.1, -0.05) is 6.07 Å². The van der Waals surface area contributed by atoms with Gasteiger partial charge in [-0.2, -0.15) is 0 Å². The van der Waals surface area contributed by atoms with E-state index in [0.29, 0.717) is 0 Å². The third-order valence-electron chi connectivity index (χ3n) is 1.71. The summed E-state index contributed by atoms with van der Waals surface area (Å²) in [5.41, 5.74) is 5.60. The minimum atomic E-state index is -0.806. The second-order valence-electron chi connectivity index (χ2n) is 3.10. The monoisotopic (exact) mass is 217 g/mol. The Labute approximate surface area is 85.6 Å². The minimum Gasteiger partial charge on any atom is -0.328 e. The summed E-state index contributed by atoms with van der Waals surface area (Å²) in [6.45, 7) is 1.98. The van der Waals surface area contributed by atoms with Crippen molar-refractivity contribution in [1.82, 2.24) is 0 Å². The maximum Gasteiger partial charge on any atom is 0.0910 e. The topological polar surface area (TPSA) is 43.1 Å². The maximum absolute atomic E-state index is 11.6. The first-order valence-corrected chi connectivity index (χ1v) is 6.57. The molecule has 2 atom stereocenters. The number of hydrogen-bond acceptors (Lipinski definition) is 3. The van der Waals surface area contributed by atoms with Crippen molar-refractivity contribution in [3.8, 4) is 0 Å². The van der Waals surface area contributed by atoms with Crippen LogP contribution in [-0.4, -0.2) is 16.0 Å². The fourth-order valence-corrected chi connectivity index (χ4v) is 3.18. The molecule has 1 heterocycles. The summed E-state index contributed by atoms with van der Waals surface area (Å²) < 4.78 is 12.5. The molecule has 0 saturated heterocycles. The molecule has 2 N–H and O–H groups in total. The number of nitrogens with two attached hydrogens (primary N) is 1. The molecule has 4 heteroatoms. The molecule has 0 bridgehead atoms. The van der Waals surface area contributed by atoms with Crippen molar-refractivity contribution < 1.29 is 4.21 Å². The lowest BCUT2D eigenvalue weighted by atomic mass is 10.2. The van der Waals surface area contributed by atoms with E-state index >= 15 is 0 Å². The smallest absolute Gasteiger partial charge is 0.0910 e. The molecule has 0 radical (unpaired) electrons. The molecule has 0 aliphatic heterocycles. The summed E-state index contributed by atoms with van der Waals surface area (Å²) in [4.78, 5) is 0. The Hall–Kier alpha value is -0.190. The zero-order chi connectivity index (χ0) is 9.68. The molecule has 1 rings (SSSR count). The molecular weight excluding hydrogens is 202 g/mol. The van der Waals surface area contributed by atoms with Gasteiger partial charge < -0.3 is 5.73 Å². The number of rotatable bonds is 5. The number of thiophene rings is 1. The van der Waals surface area contributed by atoms with Gasteiger partial charge in [-0.05, 0) is 31.2 Å². The van der Waals surface area contributed by atoms with Crippen LogP contribution in [0.25, 0.3) is 0 Å². The third kappa shape index (κ3) is 4.02. The quantitative estimate of drug-likeness (QED) is 0.819. The van der Waals surface area contributed by atoms with Gasteiger partial charge in [0.25, 0.3) is 0 Å². The van der Waals surface area contributed by atoms with E-state index in [-0.39, 0.29) is 6.04 Å². The Morgan fingerprint density at radius 3 is 3.00 bits per heavy atom. The Morgan fingerprint density at radius 2 is 2.46 bits per heavy atom. The van der Waals surface area contributed by atoms with Crippen LogP contribution in [0, 0.1) is 0 Å². The predicted molar refractivity (Wildman–Crippen MR) is 58.5 cm³/mol. The molecule has 0 spiro atoms. The van der Waals surface area contributed by atoms with Crippen molar-refractivity contribution >= 4 is 22.1 Å². The van der Waals surface area contributed by atoms with Gasteiger partial charge in [0.05, 0.1) is 15.0 Å². The second kappa shape index (κ2) is 5.52. The summed E-state index contributed by atoms with van der Waals surface area (Å²) in [5.74, 6) is 0.738. The van der Waals surface area contributed by atoms with E-state index in [1.807, 2.05) is 24.4 Å². The van der Waals surface area contributed by atoms with Gasteiger partial charge >= 0.3 is 0 Å². The molecular formula is C9H15NOS2. The standard InChI is InChI=1S/C9H15NOS2/c1-8(10)4-3-7-13(11)9-5-2-6-12-9/h2,5-6,8H,3-4,7,10H2,1H3. The minimum absolute atomic E-state index is 0.223. The van der Waals surface area contributed by atoms with Crippen LogP contribution in [0.4, 0.5) is 0 Å². The number of hydrogen-bond donors (Lipinski definition) is 1. The second-order valence-corrected chi connectivity index (χ2v) is 5.85. The lowest BCUT2D eigenvalue weighted by Crippen LogP contribution is -2.15. The zero-order valence-electron chi connectivity index (χ0n) is 7.73. The van der Waals surface area contributed by atoms with E-state index in [9.17, 15) is 4.21 Å². The molecule has 0 aliphatic carbocycles. The Balaban J connectivity index is 2.27. The van der Waals surface area contributed by atoms with E-state index in [1.165, 1.54) is 0 Å². The first-order chi connectivity index (χ1) is 6.20. The van der Waals surface area contributed by atoms with Crippen LogP contribution in [0.3, 0.4) is 0 Å². The van der Waals surface area contributed by atoms with E-state index in [0.717, 1.165) is 22.8 Å². The first-order valence-electron chi connectivity index (χ1n) is 4.37. The van der Waals surface area contributed by atoms with Crippen LogP contribution < -0.4 is 5.73 Å². The zero-order valence-corrected chi connectivity index (χ0v) is 9.37. The average molecular weight is 217 g/mol. The molecule has 13 heavy (non-hydrogen) atoms. The molecule has 74 valence electrons. The molecule has 0 aliphatic rings. The SMILES string of the molecule is CC(N)CCCS(=O)c1cccs1. The summed E-state index contributed by atoms with van der Waals surface area (Å²) in [7, 11) is -0.806. The van der Waals surface area contributed by atoms with Gasteiger partial charge in [-0.3, -0.25) is 4.21 Å². The van der Waals surface area contributed by atoms with Crippen LogP contribution in [-0.2, 0) is 10.8 Å². The highest BCUT2D eigenvalue weighted by Crippen LogP contribution is 2.14. The lowest BCUT2D eigenvalue weighted by Gasteiger charge is -2.03. The van der Waals surface area contributed by atoms with Crippen LogP contribution in [0.5, 0.6) is 0 Å². The highest BCUT2D eigenvalue weighted by atomic mass is 32.2. The highest BCUT2D eigenvalue weighted by Gasteiger charge is 2.04. The average Bonchev–Trinajstić information content (AvgIpc) is 2.55. The van der Waals surface area contributed by atoms with Gasteiger partial charge in [0.2, 0.25) is 0 Å². The van der Waals surface area contributed by atoms with Crippen molar-refractivity contribution in [2.45, 2.75) is 30.0 Å². The largest absolute Gasteiger partial charge is 0.328 e. The fraction of sp³-hybridized carbons (Fsp3) is 0.556. The van der Waals surface area contributed by atoms with Gasteiger partial charge in [0, 0.05) is 11.8 Å². The molecule has 0 amide bonds. The van der Waals surface area contributed by atoms with Crippen LogP contribution in [0.2, 0.25) is 0 Å².